The topological polar surface area (TPSA) is 147 Å². The largest absolute Gasteiger partial charge is 0.481 e. The average Bonchev–Trinajstić information content (AvgIpc) is 3.18. The van der Waals surface area contributed by atoms with Crippen LogP contribution in [0.3, 0.4) is 0 Å². The molecule has 0 saturated heterocycles. The molecule has 0 aromatic carbocycles. The van der Waals surface area contributed by atoms with Gasteiger partial charge in [-0.3, -0.25) is 14.4 Å². The molecular formula is C34H50O9. The van der Waals surface area contributed by atoms with E-state index in [1.54, 1.807) is 19.9 Å². The summed E-state index contributed by atoms with van der Waals surface area (Å²) in [7, 11) is 0. The second kappa shape index (κ2) is 12.6. The summed E-state index contributed by atoms with van der Waals surface area (Å²) in [5.41, 5.74) is -0.282. The number of carboxylic acid groups (broad SMARTS) is 2. The zero-order chi connectivity index (χ0) is 32.5. The van der Waals surface area contributed by atoms with Gasteiger partial charge in [-0.1, -0.05) is 39.0 Å². The number of aliphatic carboxylic acids is 2. The molecule has 0 spiro atoms. The molecule has 0 unspecified atom stereocenters. The maximum absolute atomic E-state index is 12.1. The van der Waals surface area contributed by atoms with Crippen molar-refractivity contribution in [3.05, 3.63) is 34.9 Å². The van der Waals surface area contributed by atoms with Crippen molar-refractivity contribution in [2.45, 2.75) is 112 Å². The summed E-state index contributed by atoms with van der Waals surface area (Å²) in [6, 6.07) is 0. The number of fused-ring (bicyclic) bond motifs is 3. The third kappa shape index (κ3) is 6.61. The number of carbonyl (C=O) groups excluding carboxylic acids is 2. The van der Waals surface area contributed by atoms with Crippen molar-refractivity contribution in [2.75, 3.05) is 6.61 Å². The standard InChI is InChI=1S/C34H50O9/c1-20(30(39)40)9-11-27(43-23(4)36)21(2)24-13-16-33(8)25-10-12-28(31(5,6)41)34(18-15-29(37)38,19-42-22(3)35)26(25)14-17-32(24,33)7/h9-10,14,21,24,27-28,41H,11-13,15-19H2,1-8H3,(H,37,38)(H,39,40)/b20-9-/t21-,24+,27-,28-,32+,33-,34-/m0/s1. The lowest BCUT2D eigenvalue weighted by Crippen LogP contribution is -2.54. The Bertz CT molecular complexity index is 1200. The van der Waals surface area contributed by atoms with Gasteiger partial charge in [0.25, 0.3) is 0 Å². The van der Waals surface area contributed by atoms with Gasteiger partial charge in [0.2, 0.25) is 0 Å². The van der Waals surface area contributed by atoms with Gasteiger partial charge in [-0.05, 0) is 86.7 Å². The summed E-state index contributed by atoms with van der Waals surface area (Å²) in [6.07, 6.45) is 8.83. The summed E-state index contributed by atoms with van der Waals surface area (Å²) in [4.78, 5) is 47.4. The van der Waals surface area contributed by atoms with Crippen molar-refractivity contribution >= 4 is 23.9 Å². The van der Waals surface area contributed by atoms with Gasteiger partial charge in [-0.25, -0.2) is 4.79 Å². The van der Waals surface area contributed by atoms with Gasteiger partial charge >= 0.3 is 23.9 Å². The first-order valence-electron chi connectivity index (χ1n) is 15.4. The lowest BCUT2D eigenvalue weighted by molar-refractivity contribution is -0.151. The molecule has 3 aliphatic carbocycles. The number of ether oxygens (including phenoxy) is 2. The van der Waals surface area contributed by atoms with Crippen molar-refractivity contribution < 1.29 is 44.0 Å². The number of allylic oxidation sites excluding steroid dienone is 3. The van der Waals surface area contributed by atoms with Crippen molar-refractivity contribution in [3.63, 3.8) is 0 Å². The molecule has 1 saturated carbocycles. The van der Waals surface area contributed by atoms with E-state index < -0.39 is 41.0 Å². The Morgan fingerprint density at radius 1 is 1.07 bits per heavy atom. The highest BCUT2D eigenvalue weighted by Gasteiger charge is 2.63. The van der Waals surface area contributed by atoms with Crippen LogP contribution in [0, 0.1) is 34.0 Å². The number of aliphatic hydroxyl groups is 1. The zero-order valence-corrected chi connectivity index (χ0v) is 27.0. The van der Waals surface area contributed by atoms with E-state index in [0.717, 1.165) is 24.0 Å². The molecule has 0 aliphatic heterocycles. The molecule has 0 aromatic rings. The number of carboxylic acids is 2. The highest BCUT2D eigenvalue weighted by Crippen LogP contribution is 2.70. The fraction of sp³-hybridized carbons (Fsp3) is 0.706. The monoisotopic (exact) mass is 602 g/mol. The minimum Gasteiger partial charge on any atom is -0.481 e. The zero-order valence-electron chi connectivity index (χ0n) is 27.0. The molecule has 7 atom stereocenters. The van der Waals surface area contributed by atoms with Gasteiger partial charge in [0.15, 0.2) is 0 Å². The SMILES string of the molecule is CC(=O)OC[C@@]1(CCC(=O)O)C2=CC[C@]3(C)[C@@H]([C@H](C)[C@H](C/C=C(/C)C(=O)O)OC(C)=O)CC[C@@]3(C)C2=CC[C@H]1C(C)(C)O. The van der Waals surface area contributed by atoms with Crippen LogP contribution in [0.4, 0.5) is 0 Å². The molecule has 9 heteroatoms. The fourth-order valence-electron chi connectivity index (χ4n) is 8.60. The van der Waals surface area contributed by atoms with E-state index in [4.69, 9.17) is 9.47 Å². The molecule has 1 fully saturated rings. The molecule has 3 rings (SSSR count). The average molecular weight is 603 g/mol. The summed E-state index contributed by atoms with van der Waals surface area (Å²) < 4.78 is 11.4. The maximum atomic E-state index is 12.1. The molecule has 0 heterocycles. The van der Waals surface area contributed by atoms with Crippen LogP contribution in [0.25, 0.3) is 0 Å². The van der Waals surface area contributed by atoms with Crippen molar-refractivity contribution in [1.29, 1.82) is 0 Å². The second-order valence-corrected chi connectivity index (χ2v) is 14.0. The van der Waals surface area contributed by atoms with Crippen LogP contribution in [0.1, 0.15) is 100 Å². The number of hydrogen-bond donors (Lipinski definition) is 3. The summed E-state index contributed by atoms with van der Waals surface area (Å²) in [6.45, 7) is 14.3. The Morgan fingerprint density at radius 3 is 2.26 bits per heavy atom. The van der Waals surface area contributed by atoms with E-state index in [9.17, 15) is 34.5 Å². The molecule has 0 radical (unpaired) electrons. The molecular weight excluding hydrogens is 552 g/mol. The predicted molar refractivity (Wildman–Crippen MR) is 161 cm³/mol. The van der Waals surface area contributed by atoms with Gasteiger partial charge in [0.1, 0.15) is 12.7 Å². The lowest BCUT2D eigenvalue weighted by atomic mass is 9.47. The van der Waals surface area contributed by atoms with E-state index in [1.807, 2.05) is 0 Å². The second-order valence-electron chi connectivity index (χ2n) is 14.0. The molecule has 0 amide bonds. The highest BCUT2D eigenvalue weighted by molar-refractivity contribution is 5.85. The summed E-state index contributed by atoms with van der Waals surface area (Å²) in [5.74, 6) is -3.09. The van der Waals surface area contributed by atoms with Crippen LogP contribution >= 0.6 is 0 Å². The Kier molecular flexibility index (Phi) is 10.1. The Balaban J connectivity index is 2.10. The van der Waals surface area contributed by atoms with E-state index in [1.165, 1.54) is 20.8 Å². The van der Waals surface area contributed by atoms with Crippen molar-refractivity contribution in [1.82, 2.24) is 0 Å². The fourth-order valence-corrected chi connectivity index (χ4v) is 8.60. The third-order valence-electron chi connectivity index (χ3n) is 11.1. The van der Waals surface area contributed by atoms with E-state index in [2.05, 4.69) is 32.9 Å². The van der Waals surface area contributed by atoms with Gasteiger partial charge in [-0.2, -0.15) is 0 Å². The van der Waals surface area contributed by atoms with Crippen LogP contribution < -0.4 is 0 Å². The van der Waals surface area contributed by atoms with Crippen LogP contribution in [0.2, 0.25) is 0 Å². The Labute approximate surface area is 255 Å². The van der Waals surface area contributed by atoms with Crippen LogP contribution in [-0.4, -0.2) is 57.5 Å². The molecule has 3 aliphatic rings. The normalized spacial score (nSPS) is 32.0. The Morgan fingerprint density at radius 2 is 1.72 bits per heavy atom. The van der Waals surface area contributed by atoms with Gasteiger partial charge < -0.3 is 24.8 Å². The van der Waals surface area contributed by atoms with Crippen LogP contribution in [0.15, 0.2) is 34.9 Å². The minimum absolute atomic E-state index is 0.0101. The Hall–Kier alpha value is -2.94. The molecule has 3 N–H and O–H groups in total. The van der Waals surface area contributed by atoms with E-state index >= 15 is 0 Å². The third-order valence-corrected chi connectivity index (χ3v) is 11.1. The molecule has 0 bridgehead atoms. The van der Waals surface area contributed by atoms with Crippen LogP contribution in [0.5, 0.6) is 0 Å². The van der Waals surface area contributed by atoms with Gasteiger partial charge in [-0.15, -0.1) is 0 Å². The molecule has 240 valence electrons. The number of carbonyl (C=O) groups is 4. The first-order valence-corrected chi connectivity index (χ1v) is 15.4. The van der Waals surface area contributed by atoms with E-state index in [-0.39, 0.29) is 53.6 Å². The smallest absolute Gasteiger partial charge is 0.330 e. The predicted octanol–water partition coefficient (Wildman–Crippen LogP) is 5.86. The van der Waals surface area contributed by atoms with Crippen molar-refractivity contribution in [3.8, 4) is 0 Å². The lowest BCUT2D eigenvalue weighted by Gasteiger charge is -2.58. The molecule has 0 aromatic heterocycles. The van der Waals surface area contributed by atoms with Crippen molar-refractivity contribution in [2.24, 2.45) is 34.0 Å². The first kappa shape index (κ1) is 34.5. The van der Waals surface area contributed by atoms with Gasteiger partial charge in [0, 0.05) is 43.6 Å². The maximum Gasteiger partial charge on any atom is 0.330 e. The minimum atomic E-state index is -1.16. The number of hydrogen-bond acceptors (Lipinski definition) is 7. The van der Waals surface area contributed by atoms with E-state index in [0.29, 0.717) is 19.3 Å². The molecule has 9 nitrogen and oxygen atoms in total. The summed E-state index contributed by atoms with van der Waals surface area (Å²) >= 11 is 0. The number of esters is 2. The van der Waals surface area contributed by atoms with Gasteiger partial charge in [0.05, 0.1) is 5.60 Å². The van der Waals surface area contributed by atoms with Crippen LogP contribution in [-0.2, 0) is 28.7 Å². The first-order chi connectivity index (χ1) is 19.8. The summed E-state index contributed by atoms with van der Waals surface area (Å²) in [5, 5.41) is 30.4. The highest BCUT2D eigenvalue weighted by atomic mass is 16.5. The number of rotatable bonds is 12. The quantitative estimate of drug-likeness (QED) is 0.185. The molecule has 43 heavy (non-hydrogen) atoms.